The van der Waals surface area contributed by atoms with Crippen molar-refractivity contribution < 1.29 is 31.8 Å². The van der Waals surface area contributed by atoms with E-state index in [0.29, 0.717) is 29.9 Å². The van der Waals surface area contributed by atoms with E-state index in [1.165, 1.54) is 42.8 Å². The Balaban J connectivity index is 1.43. The summed E-state index contributed by atoms with van der Waals surface area (Å²) >= 11 is 0. The van der Waals surface area contributed by atoms with Crippen LogP contribution in [0.25, 0.3) is 11.0 Å². The molecule has 10 heteroatoms. The third-order valence-corrected chi connectivity index (χ3v) is 7.82. The van der Waals surface area contributed by atoms with Crippen molar-refractivity contribution in [2.24, 2.45) is 5.92 Å². The smallest absolute Gasteiger partial charge is 0.336 e. The fourth-order valence-electron chi connectivity index (χ4n) is 4.03. The van der Waals surface area contributed by atoms with E-state index in [1.54, 1.807) is 25.1 Å². The van der Waals surface area contributed by atoms with Gasteiger partial charge in [-0.25, -0.2) is 13.2 Å². The molecule has 3 aromatic rings. The Hall–Kier alpha value is -3.37. The zero-order chi connectivity index (χ0) is 24.5. The maximum Gasteiger partial charge on any atom is 0.336 e. The van der Waals surface area contributed by atoms with E-state index < -0.39 is 27.5 Å². The molecule has 1 aliphatic heterocycles. The van der Waals surface area contributed by atoms with Crippen LogP contribution >= 0.6 is 0 Å². The van der Waals surface area contributed by atoms with Gasteiger partial charge in [-0.05, 0) is 49.6 Å². The van der Waals surface area contributed by atoms with Crippen LogP contribution < -0.4 is 19.8 Å². The third kappa shape index (κ3) is 4.64. The average Bonchev–Trinajstić information content (AvgIpc) is 2.83. The highest BCUT2D eigenvalue weighted by Crippen LogP contribution is 2.32. The minimum atomic E-state index is -3.76. The first-order valence-corrected chi connectivity index (χ1v) is 12.2. The number of esters is 1. The van der Waals surface area contributed by atoms with Gasteiger partial charge in [0.2, 0.25) is 10.0 Å². The van der Waals surface area contributed by atoms with Gasteiger partial charge in [0.1, 0.15) is 11.3 Å². The van der Waals surface area contributed by atoms with Crippen LogP contribution in [0.15, 0.2) is 56.6 Å². The topological polar surface area (TPSA) is 112 Å². The number of rotatable bonds is 6. The number of hydrogen-bond acceptors (Lipinski definition) is 8. The Labute approximate surface area is 196 Å². The number of piperidine rings is 1. The molecule has 180 valence electrons. The number of carbonyl (C=O) groups is 1. The lowest BCUT2D eigenvalue weighted by atomic mass is 9.98. The molecule has 0 N–H and O–H groups in total. The fourth-order valence-corrected chi connectivity index (χ4v) is 5.51. The fraction of sp³-hybridized carbons (Fsp3) is 0.333. The van der Waals surface area contributed by atoms with E-state index in [4.69, 9.17) is 18.6 Å². The van der Waals surface area contributed by atoms with E-state index in [0.717, 1.165) is 10.9 Å². The van der Waals surface area contributed by atoms with E-state index in [-0.39, 0.29) is 23.7 Å². The van der Waals surface area contributed by atoms with E-state index in [2.05, 4.69) is 0 Å². The molecular formula is C24H25NO8S. The summed E-state index contributed by atoms with van der Waals surface area (Å²) < 4.78 is 48.6. The van der Waals surface area contributed by atoms with Crippen molar-refractivity contribution in [1.29, 1.82) is 0 Å². The molecule has 1 fully saturated rings. The van der Waals surface area contributed by atoms with Gasteiger partial charge in [-0.15, -0.1) is 0 Å². The Morgan fingerprint density at radius 3 is 2.38 bits per heavy atom. The second kappa shape index (κ2) is 9.47. The van der Waals surface area contributed by atoms with Crippen LogP contribution in [0.5, 0.6) is 17.2 Å². The maximum absolute atomic E-state index is 13.1. The first kappa shape index (κ1) is 23.8. The van der Waals surface area contributed by atoms with Crippen molar-refractivity contribution >= 4 is 27.0 Å². The van der Waals surface area contributed by atoms with Crippen molar-refractivity contribution in [1.82, 2.24) is 4.31 Å². The minimum Gasteiger partial charge on any atom is -0.493 e. The molecule has 0 atom stereocenters. The van der Waals surface area contributed by atoms with Crippen LogP contribution in [0.4, 0.5) is 0 Å². The van der Waals surface area contributed by atoms with Crippen molar-refractivity contribution in [2.75, 3.05) is 27.3 Å². The summed E-state index contributed by atoms with van der Waals surface area (Å²) in [6, 6.07) is 10.7. The molecule has 0 saturated carbocycles. The first-order valence-electron chi connectivity index (χ1n) is 10.7. The summed E-state index contributed by atoms with van der Waals surface area (Å²) in [4.78, 5) is 24.4. The molecule has 0 spiro atoms. The zero-order valence-corrected chi connectivity index (χ0v) is 19.9. The number of sulfonamides is 1. The highest BCUT2D eigenvalue weighted by atomic mass is 32.2. The molecule has 9 nitrogen and oxygen atoms in total. The maximum atomic E-state index is 13.1. The zero-order valence-electron chi connectivity index (χ0n) is 19.1. The number of hydrogen-bond donors (Lipinski definition) is 0. The largest absolute Gasteiger partial charge is 0.493 e. The van der Waals surface area contributed by atoms with Crippen LogP contribution in [0.2, 0.25) is 0 Å². The quantitative estimate of drug-likeness (QED) is 0.296. The minimum absolute atomic E-state index is 0.0964. The van der Waals surface area contributed by atoms with Gasteiger partial charge in [-0.3, -0.25) is 4.79 Å². The molecule has 2 heterocycles. The van der Waals surface area contributed by atoms with Gasteiger partial charge < -0.3 is 18.6 Å². The first-order chi connectivity index (χ1) is 16.2. The van der Waals surface area contributed by atoms with Gasteiger partial charge >= 0.3 is 11.6 Å². The molecule has 1 aromatic heterocycles. The number of benzene rings is 2. The monoisotopic (exact) mass is 487 g/mol. The number of carbonyl (C=O) groups excluding carboxylic acids is 1. The number of fused-ring (bicyclic) bond motifs is 1. The van der Waals surface area contributed by atoms with Crippen LogP contribution in [-0.4, -0.2) is 46.0 Å². The Morgan fingerprint density at radius 1 is 1.00 bits per heavy atom. The highest BCUT2D eigenvalue weighted by Gasteiger charge is 2.33. The molecule has 34 heavy (non-hydrogen) atoms. The molecule has 0 bridgehead atoms. The molecule has 4 rings (SSSR count). The number of nitrogens with zero attached hydrogens (tertiary/aromatic N) is 1. The summed E-state index contributed by atoms with van der Waals surface area (Å²) in [5.74, 6) is 0.135. The Morgan fingerprint density at radius 2 is 1.71 bits per heavy atom. The molecular weight excluding hydrogens is 462 g/mol. The standard InChI is InChI=1S/C24H25NO8S/c1-15-12-23(26)33-21-13-17(4-6-19(15)21)32-24(27)16-8-10-25(11-9-16)34(28,29)18-5-7-20(30-2)22(14-18)31-3/h4-7,12-14,16H,8-11H2,1-3H3. The second-order valence-corrected chi connectivity index (χ2v) is 9.96. The lowest BCUT2D eigenvalue weighted by molar-refractivity contribution is -0.140. The summed E-state index contributed by atoms with van der Waals surface area (Å²) in [6.07, 6.45) is 0.653. The van der Waals surface area contributed by atoms with Crippen LogP contribution in [0.1, 0.15) is 18.4 Å². The number of ether oxygens (including phenoxy) is 3. The number of methoxy groups -OCH3 is 2. The summed E-state index contributed by atoms with van der Waals surface area (Å²) in [5, 5.41) is 0.757. The third-order valence-electron chi connectivity index (χ3n) is 5.92. The van der Waals surface area contributed by atoms with E-state index in [1.807, 2.05) is 0 Å². The van der Waals surface area contributed by atoms with E-state index in [9.17, 15) is 18.0 Å². The van der Waals surface area contributed by atoms with Crippen molar-refractivity contribution in [3.8, 4) is 17.2 Å². The predicted molar refractivity (Wildman–Crippen MR) is 124 cm³/mol. The van der Waals surface area contributed by atoms with Crippen LogP contribution in [0.3, 0.4) is 0 Å². The lowest BCUT2D eigenvalue weighted by Crippen LogP contribution is -2.41. The molecule has 0 radical (unpaired) electrons. The molecule has 0 unspecified atom stereocenters. The van der Waals surface area contributed by atoms with Gasteiger partial charge in [0.05, 0.1) is 25.0 Å². The normalized spacial score (nSPS) is 15.3. The number of aryl methyl sites for hydroxylation is 1. The van der Waals surface area contributed by atoms with Gasteiger partial charge in [0.15, 0.2) is 11.5 Å². The molecule has 2 aromatic carbocycles. The second-order valence-electron chi connectivity index (χ2n) is 8.02. The van der Waals surface area contributed by atoms with Gasteiger partial charge in [0, 0.05) is 36.7 Å². The van der Waals surface area contributed by atoms with Crippen LogP contribution in [-0.2, 0) is 14.8 Å². The lowest BCUT2D eigenvalue weighted by Gasteiger charge is -2.30. The highest BCUT2D eigenvalue weighted by molar-refractivity contribution is 7.89. The van der Waals surface area contributed by atoms with Crippen LogP contribution in [0, 0.1) is 12.8 Å². The van der Waals surface area contributed by atoms with Crippen molar-refractivity contribution in [3.05, 3.63) is 58.4 Å². The molecule has 0 aliphatic carbocycles. The van der Waals surface area contributed by atoms with Gasteiger partial charge in [-0.1, -0.05) is 0 Å². The van der Waals surface area contributed by atoms with Crippen molar-refractivity contribution in [3.63, 3.8) is 0 Å². The molecule has 1 aliphatic rings. The SMILES string of the molecule is COc1ccc(S(=O)(=O)N2CCC(C(=O)Oc3ccc4c(C)cc(=O)oc4c3)CC2)cc1OC. The summed E-state index contributed by atoms with van der Waals surface area (Å²) in [6.45, 7) is 2.17. The Kier molecular flexibility index (Phi) is 6.63. The Bertz CT molecular complexity index is 1390. The van der Waals surface area contributed by atoms with E-state index >= 15 is 0 Å². The predicted octanol–water partition coefficient (Wildman–Crippen LogP) is 3.12. The van der Waals surface area contributed by atoms with Crippen molar-refractivity contribution in [2.45, 2.75) is 24.7 Å². The summed E-state index contributed by atoms with van der Waals surface area (Å²) in [5.41, 5.74) is 0.634. The van der Waals surface area contributed by atoms with Gasteiger partial charge in [0.25, 0.3) is 0 Å². The molecule has 0 amide bonds. The average molecular weight is 488 g/mol. The van der Waals surface area contributed by atoms with Gasteiger partial charge in [-0.2, -0.15) is 4.31 Å². The molecule has 1 saturated heterocycles. The summed E-state index contributed by atoms with van der Waals surface area (Å²) in [7, 11) is -0.839.